The SMILES string of the molecule is O=C(Cn1ccnn1)NCc1cc(Br)cc2c1OCC2. The summed E-state index contributed by atoms with van der Waals surface area (Å²) in [4.78, 5) is 11.8. The molecule has 1 N–H and O–H groups in total. The largest absolute Gasteiger partial charge is 0.493 e. The number of halogens is 1. The van der Waals surface area contributed by atoms with Gasteiger partial charge in [0.1, 0.15) is 12.3 Å². The van der Waals surface area contributed by atoms with Crippen LogP contribution >= 0.6 is 15.9 Å². The summed E-state index contributed by atoms with van der Waals surface area (Å²) in [5.74, 6) is 0.788. The molecule has 1 aromatic carbocycles. The summed E-state index contributed by atoms with van der Waals surface area (Å²) in [6, 6.07) is 4.03. The molecule has 6 nitrogen and oxygen atoms in total. The van der Waals surface area contributed by atoms with Crippen LogP contribution in [-0.4, -0.2) is 27.5 Å². The minimum Gasteiger partial charge on any atom is -0.493 e. The van der Waals surface area contributed by atoms with Crippen LogP contribution in [0, 0.1) is 0 Å². The molecule has 0 bridgehead atoms. The molecule has 0 saturated heterocycles. The Labute approximate surface area is 124 Å². The molecule has 20 heavy (non-hydrogen) atoms. The fraction of sp³-hybridized carbons (Fsp3) is 0.308. The molecule has 0 spiro atoms. The Hall–Kier alpha value is -1.89. The van der Waals surface area contributed by atoms with Crippen molar-refractivity contribution >= 4 is 21.8 Å². The molecule has 1 amide bonds. The number of hydrogen-bond acceptors (Lipinski definition) is 4. The standard InChI is InChI=1S/C13H13BrN4O2/c14-11-5-9-1-4-20-13(9)10(6-11)7-15-12(19)8-18-3-2-16-17-18/h2-3,5-6H,1,4,7-8H2,(H,15,19). The summed E-state index contributed by atoms with van der Waals surface area (Å²) in [7, 11) is 0. The molecule has 0 aliphatic carbocycles. The van der Waals surface area contributed by atoms with Crippen LogP contribution in [0.15, 0.2) is 29.0 Å². The second-order valence-corrected chi connectivity index (χ2v) is 5.44. The van der Waals surface area contributed by atoms with E-state index in [2.05, 4.69) is 37.6 Å². The maximum absolute atomic E-state index is 11.8. The first-order valence-corrected chi connectivity index (χ1v) is 7.06. The van der Waals surface area contributed by atoms with Crippen molar-refractivity contribution in [1.29, 1.82) is 0 Å². The Morgan fingerprint density at radius 3 is 3.20 bits per heavy atom. The number of amides is 1. The molecule has 1 aliphatic heterocycles. The van der Waals surface area contributed by atoms with Gasteiger partial charge in [0.15, 0.2) is 0 Å². The highest BCUT2D eigenvalue weighted by atomic mass is 79.9. The molecule has 0 atom stereocenters. The molecular weight excluding hydrogens is 324 g/mol. The smallest absolute Gasteiger partial charge is 0.242 e. The van der Waals surface area contributed by atoms with Gasteiger partial charge in [0, 0.05) is 29.2 Å². The van der Waals surface area contributed by atoms with Gasteiger partial charge in [-0.1, -0.05) is 21.1 Å². The Kier molecular flexibility index (Phi) is 3.68. The Balaban J connectivity index is 1.65. The number of hydrogen-bond donors (Lipinski definition) is 1. The van der Waals surface area contributed by atoms with E-state index in [1.165, 1.54) is 10.2 Å². The molecule has 0 saturated carbocycles. The number of carbonyl (C=O) groups is 1. The van der Waals surface area contributed by atoms with Crippen LogP contribution in [0.2, 0.25) is 0 Å². The van der Waals surface area contributed by atoms with E-state index in [0.717, 1.165) is 22.2 Å². The molecule has 0 fully saturated rings. The van der Waals surface area contributed by atoms with E-state index >= 15 is 0 Å². The van der Waals surface area contributed by atoms with Crippen molar-refractivity contribution in [3.63, 3.8) is 0 Å². The van der Waals surface area contributed by atoms with Gasteiger partial charge in [-0.05, 0) is 17.7 Å². The number of fused-ring (bicyclic) bond motifs is 1. The third kappa shape index (κ3) is 2.82. The topological polar surface area (TPSA) is 69.0 Å². The lowest BCUT2D eigenvalue weighted by molar-refractivity contribution is -0.122. The maximum atomic E-state index is 11.8. The van der Waals surface area contributed by atoms with E-state index in [-0.39, 0.29) is 12.5 Å². The van der Waals surface area contributed by atoms with Crippen molar-refractivity contribution in [1.82, 2.24) is 20.3 Å². The fourth-order valence-electron chi connectivity index (χ4n) is 2.19. The van der Waals surface area contributed by atoms with Gasteiger partial charge in [-0.15, -0.1) is 5.10 Å². The molecular formula is C13H13BrN4O2. The summed E-state index contributed by atoms with van der Waals surface area (Å²) in [5.41, 5.74) is 2.17. The van der Waals surface area contributed by atoms with E-state index in [1.54, 1.807) is 12.4 Å². The third-order valence-electron chi connectivity index (χ3n) is 3.08. The van der Waals surface area contributed by atoms with Gasteiger partial charge in [0.05, 0.1) is 12.8 Å². The lowest BCUT2D eigenvalue weighted by atomic mass is 10.1. The van der Waals surface area contributed by atoms with Crippen LogP contribution in [0.4, 0.5) is 0 Å². The Bertz CT molecular complexity index is 628. The first-order valence-electron chi connectivity index (χ1n) is 6.27. The number of benzene rings is 1. The molecule has 0 unspecified atom stereocenters. The van der Waals surface area contributed by atoms with E-state index < -0.39 is 0 Å². The predicted octanol–water partition coefficient (Wildman–Crippen LogP) is 1.29. The molecule has 2 heterocycles. The second kappa shape index (κ2) is 5.62. The van der Waals surface area contributed by atoms with Crippen molar-refractivity contribution < 1.29 is 9.53 Å². The number of rotatable bonds is 4. The van der Waals surface area contributed by atoms with Crippen molar-refractivity contribution in [2.24, 2.45) is 0 Å². The first-order chi connectivity index (χ1) is 9.72. The summed E-state index contributed by atoms with van der Waals surface area (Å²) in [5, 5.41) is 10.3. The molecule has 2 aromatic rings. The zero-order chi connectivity index (χ0) is 13.9. The number of ether oxygens (including phenoxy) is 1. The highest BCUT2D eigenvalue weighted by Crippen LogP contribution is 2.32. The van der Waals surface area contributed by atoms with Gasteiger partial charge >= 0.3 is 0 Å². The van der Waals surface area contributed by atoms with Gasteiger partial charge in [-0.25, -0.2) is 4.68 Å². The van der Waals surface area contributed by atoms with Crippen LogP contribution in [0.5, 0.6) is 5.75 Å². The number of nitrogens with zero attached hydrogens (tertiary/aromatic N) is 3. The lowest BCUT2D eigenvalue weighted by Crippen LogP contribution is -2.27. The monoisotopic (exact) mass is 336 g/mol. The van der Waals surface area contributed by atoms with Gasteiger partial charge in [-0.3, -0.25) is 4.79 Å². The van der Waals surface area contributed by atoms with Crippen LogP contribution < -0.4 is 10.1 Å². The Morgan fingerprint density at radius 2 is 2.40 bits per heavy atom. The second-order valence-electron chi connectivity index (χ2n) is 4.53. The predicted molar refractivity (Wildman–Crippen MR) is 75.2 cm³/mol. The minimum absolute atomic E-state index is 0.109. The molecule has 104 valence electrons. The molecule has 7 heteroatoms. The van der Waals surface area contributed by atoms with Crippen molar-refractivity contribution in [3.05, 3.63) is 40.1 Å². The normalized spacial score (nSPS) is 12.8. The van der Waals surface area contributed by atoms with Crippen molar-refractivity contribution in [2.45, 2.75) is 19.5 Å². The first kappa shape index (κ1) is 13.1. The van der Waals surface area contributed by atoms with E-state index in [9.17, 15) is 4.79 Å². The van der Waals surface area contributed by atoms with Gasteiger partial charge in [0.2, 0.25) is 5.91 Å². The number of carbonyl (C=O) groups excluding carboxylic acids is 1. The van der Waals surface area contributed by atoms with E-state index in [4.69, 9.17) is 4.74 Å². The molecule has 0 radical (unpaired) electrons. The van der Waals surface area contributed by atoms with Gasteiger partial charge in [0.25, 0.3) is 0 Å². The highest BCUT2D eigenvalue weighted by Gasteiger charge is 2.17. The third-order valence-corrected chi connectivity index (χ3v) is 3.54. The fourth-order valence-corrected chi connectivity index (χ4v) is 2.74. The van der Waals surface area contributed by atoms with Gasteiger partial charge < -0.3 is 10.1 Å². The van der Waals surface area contributed by atoms with Crippen molar-refractivity contribution in [2.75, 3.05) is 6.61 Å². The summed E-state index contributed by atoms with van der Waals surface area (Å²) < 4.78 is 8.11. The van der Waals surface area contributed by atoms with E-state index in [0.29, 0.717) is 13.2 Å². The molecule has 1 aliphatic rings. The minimum atomic E-state index is -0.109. The number of aromatic nitrogens is 3. The zero-order valence-corrected chi connectivity index (χ0v) is 12.3. The maximum Gasteiger partial charge on any atom is 0.242 e. The highest BCUT2D eigenvalue weighted by molar-refractivity contribution is 9.10. The van der Waals surface area contributed by atoms with Gasteiger partial charge in [-0.2, -0.15) is 0 Å². The number of nitrogens with one attached hydrogen (secondary N) is 1. The van der Waals surface area contributed by atoms with E-state index in [1.807, 2.05) is 6.07 Å². The van der Waals surface area contributed by atoms with Crippen LogP contribution in [0.25, 0.3) is 0 Å². The summed E-state index contributed by atoms with van der Waals surface area (Å²) in [6.07, 6.45) is 4.11. The average Bonchev–Trinajstić information content (AvgIpc) is 3.06. The molecule has 1 aromatic heterocycles. The van der Waals surface area contributed by atoms with Crippen molar-refractivity contribution in [3.8, 4) is 5.75 Å². The van der Waals surface area contributed by atoms with Crippen LogP contribution in [-0.2, 0) is 24.3 Å². The summed E-state index contributed by atoms with van der Waals surface area (Å²) in [6.45, 7) is 1.30. The van der Waals surface area contributed by atoms with Crippen LogP contribution in [0.3, 0.4) is 0 Å². The quantitative estimate of drug-likeness (QED) is 0.913. The zero-order valence-electron chi connectivity index (χ0n) is 10.7. The molecule has 3 rings (SSSR count). The average molecular weight is 337 g/mol. The van der Waals surface area contributed by atoms with Crippen LogP contribution in [0.1, 0.15) is 11.1 Å². The summed E-state index contributed by atoms with van der Waals surface area (Å²) >= 11 is 3.48. The lowest BCUT2D eigenvalue weighted by Gasteiger charge is -2.10. The Morgan fingerprint density at radius 1 is 1.50 bits per heavy atom.